The zero-order chi connectivity index (χ0) is 20.5. The number of hydrogen-bond acceptors (Lipinski definition) is 6. The Bertz CT molecular complexity index is 1390. The van der Waals surface area contributed by atoms with E-state index in [2.05, 4.69) is 10.4 Å². The average Bonchev–Trinajstić information content (AvgIpc) is 3.07. The van der Waals surface area contributed by atoms with E-state index in [4.69, 9.17) is 4.42 Å². The van der Waals surface area contributed by atoms with Crippen molar-refractivity contribution in [3.05, 3.63) is 70.3 Å². The van der Waals surface area contributed by atoms with E-state index in [9.17, 15) is 24.8 Å². The highest BCUT2D eigenvalue weighted by molar-refractivity contribution is 6.03. The number of amides is 1. The summed E-state index contributed by atoms with van der Waals surface area (Å²) in [5.41, 5.74) is -0.327. The lowest BCUT2D eigenvalue weighted by atomic mass is 10.1. The van der Waals surface area contributed by atoms with Crippen LogP contribution in [0.5, 0.6) is 0 Å². The quantitative estimate of drug-likeness (QED) is 0.547. The largest absolute Gasteiger partial charge is 0.476 e. The molecule has 0 unspecified atom stereocenters. The Morgan fingerprint density at radius 3 is 2.45 bits per heavy atom. The Balaban J connectivity index is 1.72. The van der Waals surface area contributed by atoms with Crippen LogP contribution < -0.4 is 10.9 Å². The lowest BCUT2D eigenvalue weighted by molar-refractivity contribution is -0.117. The molecule has 4 rings (SSSR count). The first kappa shape index (κ1) is 17.9. The molecule has 0 atom stereocenters. The fourth-order valence-corrected chi connectivity index (χ4v) is 3.06. The number of carbonyl (C=O) groups excluding carboxylic acids is 1. The maximum atomic E-state index is 12.6. The van der Waals surface area contributed by atoms with E-state index in [0.29, 0.717) is 11.0 Å². The third kappa shape index (κ3) is 3.08. The van der Waals surface area contributed by atoms with Crippen LogP contribution in [-0.4, -0.2) is 26.8 Å². The van der Waals surface area contributed by atoms with Crippen LogP contribution in [0.4, 0.5) is 5.69 Å². The first-order chi connectivity index (χ1) is 14.0. The minimum absolute atomic E-state index is 0.0791. The number of benzene rings is 2. The van der Waals surface area contributed by atoms with Crippen LogP contribution in [0.3, 0.4) is 0 Å². The Labute approximate surface area is 162 Å². The predicted molar refractivity (Wildman–Crippen MR) is 103 cm³/mol. The van der Waals surface area contributed by atoms with E-state index >= 15 is 0 Å². The second-order valence-electron chi connectivity index (χ2n) is 6.12. The number of carbonyl (C=O) groups is 2. The van der Waals surface area contributed by atoms with Crippen molar-refractivity contribution in [3.63, 3.8) is 0 Å². The second-order valence-corrected chi connectivity index (χ2v) is 6.12. The number of nitriles is 1. The summed E-state index contributed by atoms with van der Waals surface area (Å²) in [4.78, 5) is 36.7. The molecular formula is C20H12N4O5. The summed E-state index contributed by atoms with van der Waals surface area (Å²) in [6.07, 6.45) is 0. The van der Waals surface area contributed by atoms with Crippen LogP contribution in [0, 0.1) is 11.3 Å². The van der Waals surface area contributed by atoms with Gasteiger partial charge in [-0.25, -0.2) is 9.48 Å². The smallest absolute Gasteiger partial charge is 0.357 e. The Hall–Kier alpha value is -4.45. The van der Waals surface area contributed by atoms with Crippen molar-refractivity contribution < 1.29 is 19.1 Å². The normalized spacial score (nSPS) is 10.7. The van der Waals surface area contributed by atoms with E-state index in [1.165, 1.54) is 12.1 Å². The molecule has 0 bridgehead atoms. The zero-order valence-corrected chi connectivity index (χ0v) is 14.7. The van der Waals surface area contributed by atoms with Gasteiger partial charge >= 0.3 is 5.97 Å². The molecule has 0 aliphatic carbocycles. The lowest BCUT2D eigenvalue weighted by Crippen LogP contribution is -2.31. The average molecular weight is 388 g/mol. The number of nitrogens with zero attached hydrogens (tertiary/aromatic N) is 3. The Morgan fingerprint density at radius 2 is 1.76 bits per heavy atom. The van der Waals surface area contributed by atoms with Crippen molar-refractivity contribution in [2.24, 2.45) is 0 Å². The van der Waals surface area contributed by atoms with Gasteiger partial charge in [-0.15, -0.1) is 0 Å². The summed E-state index contributed by atoms with van der Waals surface area (Å²) in [7, 11) is 0. The summed E-state index contributed by atoms with van der Waals surface area (Å²) >= 11 is 0. The summed E-state index contributed by atoms with van der Waals surface area (Å²) in [5, 5.41) is 25.9. The van der Waals surface area contributed by atoms with Crippen molar-refractivity contribution in [2.75, 3.05) is 5.32 Å². The Kier molecular flexibility index (Phi) is 4.29. The minimum Gasteiger partial charge on any atom is -0.476 e. The van der Waals surface area contributed by atoms with Gasteiger partial charge in [-0.3, -0.25) is 9.59 Å². The van der Waals surface area contributed by atoms with E-state index in [-0.39, 0.29) is 27.9 Å². The molecule has 0 aliphatic rings. The molecule has 9 nitrogen and oxygen atoms in total. The molecule has 4 aromatic rings. The molecule has 142 valence electrons. The number of aromatic carboxylic acids is 1. The van der Waals surface area contributed by atoms with Crippen molar-refractivity contribution in [3.8, 4) is 6.07 Å². The number of hydrogen-bond donors (Lipinski definition) is 2. The van der Waals surface area contributed by atoms with E-state index in [1.807, 2.05) is 6.07 Å². The first-order valence-corrected chi connectivity index (χ1v) is 8.44. The molecule has 2 heterocycles. The van der Waals surface area contributed by atoms with Crippen LogP contribution >= 0.6 is 0 Å². The highest BCUT2D eigenvalue weighted by Gasteiger charge is 2.19. The highest BCUT2D eigenvalue weighted by atomic mass is 16.4. The summed E-state index contributed by atoms with van der Waals surface area (Å²) in [6.45, 7) is -0.533. The maximum Gasteiger partial charge on any atom is 0.357 e. The lowest BCUT2D eigenvalue weighted by Gasteiger charge is -2.09. The van der Waals surface area contributed by atoms with Crippen molar-refractivity contribution in [2.45, 2.75) is 6.54 Å². The molecule has 2 aromatic heterocycles. The number of carboxylic acids is 1. The summed E-state index contributed by atoms with van der Waals surface area (Å²) in [5.74, 6) is -2.05. The van der Waals surface area contributed by atoms with Gasteiger partial charge in [-0.05, 0) is 18.2 Å². The van der Waals surface area contributed by atoms with E-state index in [0.717, 1.165) is 4.68 Å². The number of aromatic nitrogens is 2. The number of para-hydroxylation sites is 1. The number of anilines is 1. The topological polar surface area (TPSA) is 138 Å². The standard InChI is InChI=1S/C20H12N4O5/c21-9-15-17(13-7-3-4-8-14(13)29-15)22-16(25)10-24-19(26)12-6-2-1-5-11(12)18(23-24)20(27)28/h1-8H,10H2,(H,22,25)(H,27,28). The summed E-state index contributed by atoms with van der Waals surface area (Å²) < 4.78 is 6.18. The van der Waals surface area contributed by atoms with Crippen LogP contribution in [0.25, 0.3) is 21.7 Å². The number of carboxylic acid groups (broad SMARTS) is 1. The van der Waals surface area contributed by atoms with Gasteiger partial charge in [0.05, 0.1) is 5.39 Å². The van der Waals surface area contributed by atoms with Crippen LogP contribution in [0.15, 0.2) is 57.7 Å². The van der Waals surface area contributed by atoms with Crippen molar-refractivity contribution in [1.82, 2.24) is 9.78 Å². The van der Waals surface area contributed by atoms with Crippen LogP contribution in [0.1, 0.15) is 16.2 Å². The second kappa shape index (κ2) is 6.94. The molecule has 2 aromatic carbocycles. The number of rotatable bonds is 4. The highest BCUT2D eigenvalue weighted by Crippen LogP contribution is 2.30. The Morgan fingerprint density at radius 1 is 1.10 bits per heavy atom. The van der Waals surface area contributed by atoms with E-state index < -0.39 is 24.0 Å². The molecule has 0 fully saturated rings. The molecule has 29 heavy (non-hydrogen) atoms. The van der Waals surface area contributed by atoms with Gasteiger partial charge in [0.1, 0.15) is 23.9 Å². The summed E-state index contributed by atoms with van der Waals surface area (Å²) in [6, 6.07) is 14.8. The molecule has 0 saturated carbocycles. The first-order valence-electron chi connectivity index (χ1n) is 8.44. The van der Waals surface area contributed by atoms with Crippen LogP contribution in [-0.2, 0) is 11.3 Å². The zero-order valence-electron chi connectivity index (χ0n) is 14.7. The van der Waals surface area contributed by atoms with Crippen molar-refractivity contribution >= 4 is 39.3 Å². The molecule has 0 spiro atoms. The van der Waals surface area contributed by atoms with Gasteiger partial charge in [0.2, 0.25) is 11.7 Å². The molecule has 9 heteroatoms. The van der Waals surface area contributed by atoms with Gasteiger partial charge in [-0.2, -0.15) is 10.4 Å². The third-order valence-electron chi connectivity index (χ3n) is 4.33. The number of fused-ring (bicyclic) bond motifs is 2. The minimum atomic E-state index is -1.32. The molecule has 2 N–H and O–H groups in total. The number of nitrogens with one attached hydrogen (secondary N) is 1. The van der Waals surface area contributed by atoms with Gasteiger partial charge in [0.25, 0.3) is 5.56 Å². The molecular weight excluding hydrogens is 376 g/mol. The maximum absolute atomic E-state index is 12.6. The molecule has 0 radical (unpaired) electrons. The molecule has 0 aliphatic heterocycles. The van der Waals surface area contributed by atoms with Gasteiger partial charge < -0.3 is 14.8 Å². The number of furan rings is 1. The van der Waals surface area contributed by atoms with Gasteiger partial charge in [-0.1, -0.05) is 30.3 Å². The van der Waals surface area contributed by atoms with Gasteiger partial charge in [0, 0.05) is 10.8 Å². The van der Waals surface area contributed by atoms with Crippen molar-refractivity contribution in [1.29, 1.82) is 5.26 Å². The third-order valence-corrected chi connectivity index (χ3v) is 4.33. The monoisotopic (exact) mass is 388 g/mol. The van der Waals surface area contributed by atoms with Crippen LogP contribution in [0.2, 0.25) is 0 Å². The SMILES string of the molecule is N#Cc1oc2ccccc2c1NC(=O)Cn1nc(C(=O)O)c2ccccc2c1=O. The molecule has 0 saturated heterocycles. The predicted octanol–water partition coefficient (Wildman–Crippen LogP) is 2.35. The van der Waals surface area contributed by atoms with Gasteiger partial charge in [0.15, 0.2) is 5.69 Å². The fourth-order valence-electron chi connectivity index (χ4n) is 3.06. The fraction of sp³-hybridized carbons (Fsp3) is 0.0500. The van der Waals surface area contributed by atoms with E-state index in [1.54, 1.807) is 36.4 Å². The molecule has 1 amide bonds.